The molecule has 0 fully saturated rings. The number of aromatic nitrogens is 2. The van der Waals surface area contributed by atoms with Gasteiger partial charge in [-0.15, -0.1) is 0 Å². The van der Waals surface area contributed by atoms with Crippen molar-refractivity contribution >= 4 is 21.7 Å². The van der Waals surface area contributed by atoms with E-state index in [0.717, 1.165) is 5.56 Å². The van der Waals surface area contributed by atoms with Crippen LogP contribution in [-0.4, -0.2) is 10.2 Å². The van der Waals surface area contributed by atoms with Gasteiger partial charge in [0.15, 0.2) is 0 Å². The normalized spacial score (nSPS) is 10.6. The van der Waals surface area contributed by atoms with Gasteiger partial charge in [-0.1, -0.05) is 6.07 Å². The topological polar surface area (TPSA) is 54.7 Å². The second kappa shape index (κ2) is 3.66. The predicted molar refractivity (Wildman–Crippen MR) is 60.8 cm³/mol. The van der Waals surface area contributed by atoms with Gasteiger partial charge in [0.05, 0.1) is 5.69 Å². The fourth-order valence-electron chi connectivity index (χ4n) is 1.37. The number of nitrogens with zero attached hydrogens (tertiary/aromatic N) is 1. The number of halogens is 2. The van der Waals surface area contributed by atoms with Gasteiger partial charge in [0.2, 0.25) is 0 Å². The molecule has 0 aliphatic heterocycles. The van der Waals surface area contributed by atoms with Crippen LogP contribution in [0.1, 0.15) is 5.56 Å². The van der Waals surface area contributed by atoms with Crippen molar-refractivity contribution in [1.29, 1.82) is 0 Å². The van der Waals surface area contributed by atoms with E-state index >= 15 is 0 Å². The average Bonchev–Trinajstić information content (AvgIpc) is 2.59. The van der Waals surface area contributed by atoms with E-state index < -0.39 is 0 Å². The Hall–Kier alpha value is -1.36. The Bertz CT molecular complexity index is 507. The summed E-state index contributed by atoms with van der Waals surface area (Å²) in [5.74, 6) is 0.0360. The molecule has 0 unspecified atom stereocenters. The molecule has 2 rings (SSSR count). The molecule has 1 aromatic heterocycles. The molecule has 0 spiro atoms. The molecule has 3 nitrogen and oxygen atoms in total. The molecule has 0 bridgehead atoms. The molecule has 1 aromatic carbocycles. The van der Waals surface area contributed by atoms with Crippen molar-refractivity contribution in [2.45, 2.75) is 6.92 Å². The summed E-state index contributed by atoms with van der Waals surface area (Å²) >= 11 is 3.35. The van der Waals surface area contributed by atoms with Crippen LogP contribution >= 0.6 is 15.9 Å². The number of nitrogens with two attached hydrogens (primary N) is 1. The highest BCUT2D eigenvalue weighted by Crippen LogP contribution is 2.32. The summed E-state index contributed by atoms with van der Waals surface area (Å²) < 4.78 is 14.3. The number of benzene rings is 1. The lowest BCUT2D eigenvalue weighted by atomic mass is 10.1. The number of nitrogen functional groups attached to an aromatic ring is 1. The van der Waals surface area contributed by atoms with E-state index in [-0.39, 0.29) is 5.82 Å². The number of hydrogen-bond donors (Lipinski definition) is 2. The lowest BCUT2D eigenvalue weighted by Crippen LogP contribution is -1.89. The molecule has 0 atom stereocenters. The first-order valence-corrected chi connectivity index (χ1v) is 5.14. The minimum atomic E-state index is -0.309. The van der Waals surface area contributed by atoms with Gasteiger partial charge in [-0.2, -0.15) is 5.10 Å². The number of aryl methyl sites for hydroxylation is 1. The van der Waals surface area contributed by atoms with E-state index in [9.17, 15) is 4.39 Å². The molecule has 0 aliphatic carbocycles. The molecule has 0 amide bonds. The summed E-state index contributed by atoms with van der Waals surface area (Å²) in [6, 6.07) is 4.73. The Morgan fingerprint density at radius 3 is 2.80 bits per heavy atom. The number of nitrogens with one attached hydrogen (secondary N) is 1. The van der Waals surface area contributed by atoms with Crippen molar-refractivity contribution in [1.82, 2.24) is 10.2 Å². The van der Waals surface area contributed by atoms with Crippen LogP contribution in [0, 0.1) is 12.7 Å². The summed E-state index contributed by atoms with van der Waals surface area (Å²) in [6.07, 6.45) is 0. The second-order valence-electron chi connectivity index (χ2n) is 3.26. The summed E-state index contributed by atoms with van der Waals surface area (Å²) in [6.45, 7) is 1.90. The van der Waals surface area contributed by atoms with E-state index in [2.05, 4.69) is 26.1 Å². The highest BCUT2D eigenvalue weighted by atomic mass is 79.9. The SMILES string of the molecule is Cc1ccc(F)c(-c2cc(N)n[nH]2)c1Br. The minimum Gasteiger partial charge on any atom is -0.382 e. The molecule has 0 saturated heterocycles. The Balaban J connectivity index is 2.66. The number of anilines is 1. The zero-order valence-corrected chi connectivity index (χ0v) is 9.60. The summed E-state index contributed by atoms with van der Waals surface area (Å²) in [4.78, 5) is 0. The monoisotopic (exact) mass is 269 g/mol. The lowest BCUT2D eigenvalue weighted by Gasteiger charge is -2.05. The van der Waals surface area contributed by atoms with Crippen LogP contribution in [0.3, 0.4) is 0 Å². The zero-order chi connectivity index (χ0) is 11.0. The number of rotatable bonds is 1. The lowest BCUT2D eigenvalue weighted by molar-refractivity contribution is 0.629. The van der Waals surface area contributed by atoms with E-state index in [1.54, 1.807) is 12.1 Å². The van der Waals surface area contributed by atoms with Crippen LogP contribution in [0.25, 0.3) is 11.3 Å². The third-order valence-corrected chi connectivity index (χ3v) is 3.17. The van der Waals surface area contributed by atoms with E-state index in [1.165, 1.54) is 6.07 Å². The highest BCUT2D eigenvalue weighted by Gasteiger charge is 2.13. The van der Waals surface area contributed by atoms with Gasteiger partial charge < -0.3 is 5.73 Å². The number of hydrogen-bond acceptors (Lipinski definition) is 2. The summed E-state index contributed by atoms with van der Waals surface area (Å²) in [5.41, 5.74) is 7.46. The molecule has 0 aliphatic rings. The first-order valence-electron chi connectivity index (χ1n) is 4.35. The van der Waals surface area contributed by atoms with Gasteiger partial charge in [0, 0.05) is 16.1 Å². The fraction of sp³-hybridized carbons (Fsp3) is 0.100. The first kappa shape index (κ1) is 10.2. The van der Waals surface area contributed by atoms with E-state index in [4.69, 9.17) is 5.73 Å². The van der Waals surface area contributed by atoms with E-state index in [0.29, 0.717) is 21.5 Å². The maximum Gasteiger partial charge on any atom is 0.145 e. The first-order chi connectivity index (χ1) is 7.09. The zero-order valence-electron chi connectivity index (χ0n) is 8.01. The van der Waals surface area contributed by atoms with Crippen LogP contribution in [0.15, 0.2) is 22.7 Å². The molecular formula is C10H9BrFN3. The Labute approximate surface area is 94.6 Å². The van der Waals surface area contributed by atoms with Gasteiger partial charge >= 0.3 is 0 Å². The van der Waals surface area contributed by atoms with Gasteiger partial charge in [-0.3, -0.25) is 5.10 Å². The number of aromatic amines is 1. The molecule has 3 N–H and O–H groups in total. The molecule has 5 heteroatoms. The van der Waals surface area contributed by atoms with E-state index in [1.807, 2.05) is 6.92 Å². The van der Waals surface area contributed by atoms with Crippen LogP contribution in [0.2, 0.25) is 0 Å². The maximum atomic E-state index is 13.6. The molecule has 1 heterocycles. The molecule has 0 saturated carbocycles. The molecule has 2 aromatic rings. The van der Waals surface area contributed by atoms with Crippen LogP contribution in [0.4, 0.5) is 10.2 Å². The van der Waals surface area contributed by atoms with Crippen LogP contribution in [-0.2, 0) is 0 Å². The van der Waals surface area contributed by atoms with Gasteiger partial charge in [-0.25, -0.2) is 4.39 Å². The van der Waals surface area contributed by atoms with Gasteiger partial charge in [0.1, 0.15) is 11.6 Å². The number of H-pyrrole nitrogens is 1. The Morgan fingerprint density at radius 1 is 1.47 bits per heavy atom. The maximum absolute atomic E-state index is 13.6. The van der Waals surface area contributed by atoms with Crippen molar-refractivity contribution in [3.8, 4) is 11.3 Å². The second-order valence-corrected chi connectivity index (χ2v) is 4.05. The van der Waals surface area contributed by atoms with Crippen molar-refractivity contribution in [2.75, 3.05) is 5.73 Å². The highest BCUT2D eigenvalue weighted by molar-refractivity contribution is 9.10. The van der Waals surface area contributed by atoms with Crippen LogP contribution < -0.4 is 5.73 Å². The average molecular weight is 270 g/mol. The van der Waals surface area contributed by atoms with Crippen molar-refractivity contribution < 1.29 is 4.39 Å². The predicted octanol–water partition coefficient (Wildman–Crippen LogP) is 2.87. The summed E-state index contributed by atoms with van der Waals surface area (Å²) in [7, 11) is 0. The van der Waals surface area contributed by atoms with Gasteiger partial charge in [-0.05, 0) is 34.5 Å². The summed E-state index contributed by atoms with van der Waals surface area (Å²) in [5, 5.41) is 6.46. The standard InChI is InChI=1S/C10H9BrFN3/c1-5-2-3-6(12)9(10(5)11)7-4-8(13)15-14-7/h2-4H,1H3,(H3,13,14,15). The molecule has 0 radical (unpaired) electrons. The van der Waals surface area contributed by atoms with Crippen molar-refractivity contribution in [3.63, 3.8) is 0 Å². The fourth-order valence-corrected chi connectivity index (χ4v) is 1.90. The Morgan fingerprint density at radius 2 is 2.20 bits per heavy atom. The molecule has 15 heavy (non-hydrogen) atoms. The third-order valence-electron chi connectivity index (χ3n) is 2.15. The van der Waals surface area contributed by atoms with Crippen molar-refractivity contribution in [2.24, 2.45) is 0 Å². The molecule has 78 valence electrons. The quantitative estimate of drug-likeness (QED) is 0.837. The minimum absolute atomic E-state index is 0.309. The third kappa shape index (κ3) is 1.74. The van der Waals surface area contributed by atoms with Crippen LogP contribution in [0.5, 0.6) is 0 Å². The smallest absolute Gasteiger partial charge is 0.145 e. The largest absolute Gasteiger partial charge is 0.382 e. The van der Waals surface area contributed by atoms with Gasteiger partial charge in [0.25, 0.3) is 0 Å². The van der Waals surface area contributed by atoms with Crippen molar-refractivity contribution in [3.05, 3.63) is 34.1 Å². The Kier molecular flexibility index (Phi) is 2.48. The molecular weight excluding hydrogens is 261 g/mol.